The van der Waals surface area contributed by atoms with Crippen molar-refractivity contribution < 1.29 is 18.0 Å². The smallest absolute Gasteiger partial charge is 0.398 e. The van der Waals surface area contributed by atoms with Crippen molar-refractivity contribution in [1.29, 1.82) is 0 Å². The van der Waals surface area contributed by atoms with Crippen molar-refractivity contribution in [3.8, 4) is 0 Å². The molecule has 0 saturated carbocycles. The second kappa shape index (κ2) is 5.47. The lowest BCUT2D eigenvalue weighted by Gasteiger charge is -2.11. The molecule has 0 saturated heterocycles. The van der Waals surface area contributed by atoms with Gasteiger partial charge in [0.1, 0.15) is 0 Å². The van der Waals surface area contributed by atoms with E-state index in [1.54, 1.807) is 25.1 Å². The zero-order chi connectivity index (χ0) is 15.6. The molecule has 0 aromatic heterocycles. The van der Waals surface area contributed by atoms with Crippen LogP contribution in [0.25, 0.3) is 0 Å². The fraction of sp³-hybridized carbons (Fsp3) is 0.133. The van der Waals surface area contributed by atoms with Crippen molar-refractivity contribution in [3.63, 3.8) is 0 Å². The number of hydrogen-bond acceptors (Lipinski definition) is 2. The normalized spacial score (nSPS) is 11.2. The third-order valence-corrected chi connectivity index (χ3v) is 3.08. The van der Waals surface area contributed by atoms with E-state index in [1.807, 2.05) is 0 Å². The van der Waals surface area contributed by atoms with Crippen molar-refractivity contribution >= 4 is 17.3 Å². The van der Waals surface area contributed by atoms with Gasteiger partial charge in [0.15, 0.2) is 0 Å². The summed E-state index contributed by atoms with van der Waals surface area (Å²) in [6, 6.07) is 9.23. The lowest BCUT2D eigenvalue weighted by Crippen LogP contribution is -2.14. The molecule has 0 spiro atoms. The molecular formula is C15H13F3N2O. The maximum Gasteiger partial charge on any atom is 0.416 e. The first-order valence-electron chi connectivity index (χ1n) is 6.13. The van der Waals surface area contributed by atoms with Gasteiger partial charge in [0, 0.05) is 16.9 Å². The SMILES string of the molecule is Cc1c(N)cccc1NC(=O)c1cccc(C(F)(F)F)c1. The largest absolute Gasteiger partial charge is 0.416 e. The van der Waals surface area contributed by atoms with E-state index in [9.17, 15) is 18.0 Å². The van der Waals surface area contributed by atoms with Gasteiger partial charge < -0.3 is 11.1 Å². The second-order valence-corrected chi connectivity index (χ2v) is 4.55. The molecule has 0 atom stereocenters. The van der Waals surface area contributed by atoms with Gasteiger partial charge in [-0.05, 0) is 42.8 Å². The molecule has 0 aliphatic rings. The van der Waals surface area contributed by atoms with Gasteiger partial charge in [0.05, 0.1) is 5.56 Å². The van der Waals surface area contributed by atoms with Crippen LogP contribution in [0.3, 0.4) is 0 Å². The molecule has 0 aliphatic carbocycles. The van der Waals surface area contributed by atoms with Gasteiger partial charge in [0.2, 0.25) is 0 Å². The van der Waals surface area contributed by atoms with Crippen LogP contribution < -0.4 is 11.1 Å². The van der Waals surface area contributed by atoms with Crippen molar-refractivity contribution in [2.24, 2.45) is 0 Å². The molecule has 0 radical (unpaired) electrons. The van der Waals surface area contributed by atoms with Crippen LogP contribution >= 0.6 is 0 Å². The summed E-state index contributed by atoms with van der Waals surface area (Å²) in [5.41, 5.74) is 6.42. The number of nitrogens with one attached hydrogen (secondary N) is 1. The summed E-state index contributed by atoms with van der Waals surface area (Å²) in [6.45, 7) is 1.72. The Morgan fingerprint density at radius 1 is 1.14 bits per heavy atom. The average molecular weight is 294 g/mol. The summed E-state index contributed by atoms with van der Waals surface area (Å²) in [6.07, 6.45) is -4.48. The summed E-state index contributed by atoms with van der Waals surface area (Å²) in [5, 5.41) is 2.56. The summed E-state index contributed by atoms with van der Waals surface area (Å²) in [7, 11) is 0. The van der Waals surface area contributed by atoms with E-state index in [1.165, 1.54) is 12.1 Å². The van der Waals surface area contributed by atoms with Crippen LogP contribution in [0.2, 0.25) is 0 Å². The lowest BCUT2D eigenvalue weighted by molar-refractivity contribution is -0.137. The van der Waals surface area contributed by atoms with E-state index in [4.69, 9.17) is 5.73 Å². The van der Waals surface area contributed by atoms with Gasteiger partial charge in [0.25, 0.3) is 5.91 Å². The second-order valence-electron chi connectivity index (χ2n) is 4.55. The quantitative estimate of drug-likeness (QED) is 0.827. The zero-order valence-electron chi connectivity index (χ0n) is 11.2. The number of benzene rings is 2. The van der Waals surface area contributed by atoms with E-state index in [0.29, 0.717) is 16.9 Å². The van der Waals surface area contributed by atoms with Crippen molar-refractivity contribution in [2.75, 3.05) is 11.1 Å². The number of alkyl halides is 3. The molecule has 21 heavy (non-hydrogen) atoms. The molecule has 2 rings (SSSR count). The van der Waals surface area contributed by atoms with Crippen LogP contribution in [0, 0.1) is 6.92 Å². The number of nitrogen functional groups attached to an aromatic ring is 1. The minimum absolute atomic E-state index is 0.0633. The van der Waals surface area contributed by atoms with E-state index < -0.39 is 17.6 Å². The van der Waals surface area contributed by atoms with E-state index in [-0.39, 0.29) is 5.56 Å². The molecule has 6 heteroatoms. The molecule has 3 nitrogen and oxygen atoms in total. The Labute approximate surface area is 119 Å². The van der Waals surface area contributed by atoms with Crippen molar-refractivity contribution in [2.45, 2.75) is 13.1 Å². The number of carbonyl (C=O) groups is 1. The minimum Gasteiger partial charge on any atom is -0.398 e. The molecule has 2 aromatic rings. The Morgan fingerprint density at radius 3 is 2.48 bits per heavy atom. The number of rotatable bonds is 2. The van der Waals surface area contributed by atoms with Crippen LogP contribution in [0.4, 0.5) is 24.5 Å². The molecule has 0 fully saturated rings. The third-order valence-electron chi connectivity index (χ3n) is 3.08. The highest BCUT2D eigenvalue weighted by atomic mass is 19.4. The van der Waals surface area contributed by atoms with Gasteiger partial charge >= 0.3 is 6.18 Å². The van der Waals surface area contributed by atoms with Gasteiger partial charge in [-0.3, -0.25) is 4.79 Å². The molecule has 0 aliphatic heterocycles. The van der Waals surface area contributed by atoms with Gasteiger partial charge in [-0.25, -0.2) is 0 Å². The standard InChI is InChI=1S/C15H13F3N2O/c1-9-12(19)6-3-7-13(9)20-14(21)10-4-2-5-11(8-10)15(16,17)18/h2-8H,19H2,1H3,(H,20,21). The molecular weight excluding hydrogens is 281 g/mol. The molecule has 110 valence electrons. The summed E-state index contributed by atoms with van der Waals surface area (Å²) in [4.78, 5) is 12.0. The highest BCUT2D eigenvalue weighted by molar-refractivity contribution is 6.05. The predicted octanol–water partition coefficient (Wildman–Crippen LogP) is 3.85. The number of halogens is 3. The number of anilines is 2. The Hall–Kier alpha value is -2.50. The molecule has 0 unspecified atom stereocenters. The topological polar surface area (TPSA) is 55.1 Å². The van der Waals surface area contributed by atoms with Crippen molar-refractivity contribution in [3.05, 3.63) is 59.2 Å². The maximum absolute atomic E-state index is 12.6. The fourth-order valence-corrected chi connectivity index (χ4v) is 1.82. The van der Waals surface area contributed by atoms with Crippen LogP contribution in [0.1, 0.15) is 21.5 Å². The molecule has 1 amide bonds. The van der Waals surface area contributed by atoms with Gasteiger partial charge in [-0.2, -0.15) is 13.2 Å². The zero-order valence-corrected chi connectivity index (χ0v) is 11.2. The van der Waals surface area contributed by atoms with Crippen LogP contribution in [-0.4, -0.2) is 5.91 Å². The van der Waals surface area contributed by atoms with E-state index >= 15 is 0 Å². The van der Waals surface area contributed by atoms with Gasteiger partial charge in [-0.15, -0.1) is 0 Å². The number of nitrogens with two attached hydrogens (primary N) is 1. The summed E-state index contributed by atoms with van der Waals surface area (Å²) >= 11 is 0. The Kier molecular flexibility index (Phi) is 3.88. The minimum atomic E-state index is -4.48. The Balaban J connectivity index is 2.27. The third kappa shape index (κ3) is 3.34. The monoisotopic (exact) mass is 294 g/mol. The lowest BCUT2D eigenvalue weighted by atomic mass is 10.1. The van der Waals surface area contributed by atoms with E-state index in [0.717, 1.165) is 12.1 Å². The summed E-state index contributed by atoms with van der Waals surface area (Å²) < 4.78 is 37.9. The van der Waals surface area contributed by atoms with Crippen LogP contribution in [0.15, 0.2) is 42.5 Å². The van der Waals surface area contributed by atoms with E-state index in [2.05, 4.69) is 5.32 Å². The first-order chi connectivity index (χ1) is 9.79. The highest BCUT2D eigenvalue weighted by Gasteiger charge is 2.30. The highest BCUT2D eigenvalue weighted by Crippen LogP contribution is 2.30. The number of hydrogen-bond donors (Lipinski definition) is 2. The predicted molar refractivity (Wildman–Crippen MR) is 75.0 cm³/mol. The maximum atomic E-state index is 12.6. The number of carbonyl (C=O) groups excluding carboxylic acids is 1. The Bertz CT molecular complexity index is 681. The molecule has 0 bridgehead atoms. The Morgan fingerprint density at radius 2 is 1.81 bits per heavy atom. The molecule has 0 heterocycles. The molecule has 2 aromatic carbocycles. The van der Waals surface area contributed by atoms with Gasteiger partial charge in [-0.1, -0.05) is 12.1 Å². The average Bonchev–Trinajstić information content (AvgIpc) is 2.43. The molecule has 3 N–H and O–H groups in total. The number of amides is 1. The van der Waals surface area contributed by atoms with Crippen molar-refractivity contribution in [1.82, 2.24) is 0 Å². The first kappa shape index (κ1) is 14.9. The first-order valence-corrected chi connectivity index (χ1v) is 6.13. The fourth-order valence-electron chi connectivity index (χ4n) is 1.82. The summed E-state index contributed by atoms with van der Waals surface area (Å²) in [5.74, 6) is -0.616. The van der Waals surface area contributed by atoms with Crippen LogP contribution in [-0.2, 0) is 6.18 Å². The van der Waals surface area contributed by atoms with Crippen LogP contribution in [0.5, 0.6) is 0 Å².